The second-order valence-corrected chi connectivity index (χ2v) is 5.70. The highest BCUT2D eigenvalue weighted by molar-refractivity contribution is 5.81. The summed E-state index contributed by atoms with van der Waals surface area (Å²) in [5.74, 6) is 0.120. The molecule has 1 saturated heterocycles. The fourth-order valence-corrected chi connectivity index (χ4v) is 2.06. The number of hydrogen-bond acceptors (Lipinski definition) is 3. The van der Waals surface area contributed by atoms with Crippen molar-refractivity contribution in [2.45, 2.75) is 58.8 Å². The van der Waals surface area contributed by atoms with E-state index in [1.165, 1.54) is 11.1 Å². The van der Waals surface area contributed by atoms with E-state index in [1.54, 1.807) is 0 Å². The number of esters is 1. The van der Waals surface area contributed by atoms with Crippen LogP contribution >= 0.6 is 0 Å². The molecule has 1 heterocycles. The first-order chi connectivity index (χ1) is 11.2. The molecule has 0 aromatic heterocycles. The summed E-state index contributed by atoms with van der Waals surface area (Å²) >= 11 is 0. The van der Waals surface area contributed by atoms with E-state index in [-0.39, 0.29) is 11.9 Å². The van der Waals surface area contributed by atoms with E-state index >= 15 is 0 Å². The zero-order chi connectivity index (χ0) is 16.9. The second kappa shape index (κ2) is 11.7. The zero-order valence-electron chi connectivity index (χ0n) is 14.4. The lowest BCUT2D eigenvalue weighted by Gasteiger charge is -2.10. The van der Waals surface area contributed by atoms with Crippen LogP contribution in [-0.4, -0.2) is 25.0 Å². The smallest absolute Gasteiger partial charge is 0.305 e. The van der Waals surface area contributed by atoms with Gasteiger partial charge in [0.15, 0.2) is 0 Å². The molecule has 128 valence electrons. The summed E-state index contributed by atoms with van der Waals surface area (Å²) in [6.07, 6.45) is 6.32. The van der Waals surface area contributed by atoms with Crippen LogP contribution in [0, 0.1) is 0 Å². The Kier molecular flexibility index (Phi) is 9.76. The molecular weight excluding hydrogens is 290 g/mol. The highest BCUT2D eigenvalue weighted by Crippen LogP contribution is 2.08. The molecular formula is C19H29NO3. The Morgan fingerprint density at radius 1 is 1.13 bits per heavy atom. The predicted octanol–water partition coefficient (Wildman–Crippen LogP) is 3.42. The lowest BCUT2D eigenvalue weighted by atomic mass is 10.1. The summed E-state index contributed by atoms with van der Waals surface area (Å²) in [6.45, 7) is 5.60. The third-order valence-corrected chi connectivity index (χ3v) is 3.68. The van der Waals surface area contributed by atoms with Gasteiger partial charge in [0.05, 0.1) is 6.61 Å². The molecule has 1 amide bonds. The Hall–Kier alpha value is -1.84. The zero-order valence-corrected chi connectivity index (χ0v) is 14.4. The fourth-order valence-electron chi connectivity index (χ4n) is 2.06. The average Bonchev–Trinajstić information content (AvgIpc) is 2.54. The monoisotopic (exact) mass is 319 g/mol. The van der Waals surface area contributed by atoms with Crippen molar-refractivity contribution < 1.29 is 14.3 Å². The third-order valence-electron chi connectivity index (χ3n) is 3.68. The average molecular weight is 319 g/mol. The Balaban J connectivity index is 0.000000446. The van der Waals surface area contributed by atoms with E-state index in [2.05, 4.69) is 36.5 Å². The van der Waals surface area contributed by atoms with Crippen LogP contribution in [0.2, 0.25) is 0 Å². The third kappa shape index (κ3) is 9.01. The van der Waals surface area contributed by atoms with Crippen molar-refractivity contribution in [2.75, 3.05) is 13.2 Å². The van der Waals surface area contributed by atoms with Crippen LogP contribution in [0.5, 0.6) is 0 Å². The molecule has 0 aliphatic carbocycles. The van der Waals surface area contributed by atoms with E-state index in [0.717, 1.165) is 45.1 Å². The van der Waals surface area contributed by atoms with Crippen molar-refractivity contribution >= 4 is 11.9 Å². The van der Waals surface area contributed by atoms with E-state index in [4.69, 9.17) is 4.74 Å². The molecule has 0 saturated carbocycles. The SMILES string of the molecule is CCCC(=O)OCCCCc1ccc(CC)cc1.O=C1CCN1. The lowest BCUT2D eigenvalue weighted by molar-refractivity contribution is -0.143. The maximum Gasteiger partial charge on any atom is 0.305 e. The van der Waals surface area contributed by atoms with E-state index < -0.39 is 0 Å². The number of nitrogens with one attached hydrogen (secondary N) is 1. The van der Waals surface area contributed by atoms with E-state index in [9.17, 15) is 9.59 Å². The minimum atomic E-state index is -0.0650. The van der Waals surface area contributed by atoms with Gasteiger partial charge in [-0.15, -0.1) is 0 Å². The van der Waals surface area contributed by atoms with Crippen LogP contribution in [-0.2, 0) is 27.2 Å². The van der Waals surface area contributed by atoms with Gasteiger partial charge in [-0.1, -0.05) is 38.1 Å². The largest absolute Gasteiger partial charge is 0.466 e. The Morgan fingerprint density at radius 2 is 1.74 bits per heavy atom. The van der Waals surface area contributed by atoms with Crippen molar-refractivity contribution in [1.82, 2.24) is 5.32 Å². The molecule has 1 aliphatic rings. The van der Waals surface area contributed by atoms with Crippen molar-refractivity contribution in [1.29, 1.82) is 0 Å². The molecule has 23 heavy (non-hydrogen) atoms. The molecule has 1 fully saturated rings. The summed E-state index contributed by atoms with van der Waals surface area (Å²) in [7, 11) is 0. The Labute approximate surface area is 139 Å². The fraction of sp³-hybridized carbons (Fsp3) is 0.579. The summed E-state index contributed by atoms with van der Waals surface area (Å²) < 4.78 is 5.12. The summed E-state index contributed by atoms with van der Waals surface area (Å²) in [5, 5.41) is 2.57. The number of amides is 1. The molecule has 2 rings (SSSR count). The van der Waals surface area contributed by atoms with Crippen LogP contribution in [0.4, 0.5) is 0 Å². The standard InChI is InChI=1S/C16H24O2.C3H5NO/c1-3-7-16(17)18-13-6-5-8-15-11-9-14(4-2)10-12-15;5-3-1-2-4-3/h9-12H,3-8,13H2,1-2H3;1-2H2,(H,4,5). The first-order valence-corrected chi connectivity index (χ1v) is 8.65. The van der Waals surface area contributed by atoms with Crippen LogP contribution in [0.1, 0.15) is 57.1 Å². The van der Waals surface area contributed by atoms with Crippen molar-refractivity contribution in [3.63, 3.8) is 0 Å². The van der Waals surface area contributed by atoms with E-state index in [1.807, 2.05) is 6.92 Å². The highest BCUT2D eigenvalue weighted by atomic mass is 16.5. The lowest BCUT2D eigenvalue weighted by Crippen LogP contribution is -2.37. The molecule has 1 aromatic carbocycles. The molecule has 0 unspecified atom stereocenters. The highest BCUT2D eigenvalue weighted by Gasteiger charge is 2.07. The molecule has 0 radical (unpaired) electrons. The van der Waals surface area contributed by atoms with Crippen LogP contribution < -0.4 is 5.32 Å². The summed E-state index contributed by atoms with van der Waals surface area (Å²) in [4.78, 5) is 20.9. The summed E-state index contributed by atoms with van der Waals surface area (Å²) in [6, 6.07) is 8.77. The molecule has 4 heteroatoms. The Morgan fingerprint density at radius 3 is 2.22 bits per heavy atom. The van der Waals surface area contributed by atoms with Gasteiger partial charge in [-0.2, -0.15) is 0 Å². The molecule has 1 aliphatic heterocycles. The quantitative estimate of drug-likeness (QED) is 0.454. The minimum Gasteiger partial charge on any atom is -0.466 e. The Bertz CT molecular complexity index is 462. The first kappa shape index (κ1) is 19.2. The van der Waals surface area contributed by atoms with Gasteiger partial charge in [0.1, 0.15) is 0 Å². The van der Waals surface area contributed by atoms with Gasteiger partial charge < -0.3 is 10.1 Å². The normalized spacial score (nSPS) is 12.5. The number of aryl methyl sites for hydroxylation is 2. The molecule has 4 nitrogen and oxygen atoms in total. The van der Waals surface area contributed by atoms with Gasteiger partial charge in [0, 0.05) is 19.4 Å². The number of ether oxygens (including phenoxy) is 1. The molecule has 0 atom stereocenters. The number of hydrogen-bond donors (Lipinski definition) is 1. The maximum absolute atomic E-state index is 11.1. The second-order valence-electron chi connectivity index (χ2n) is 5.70. The van der Waals surface area contributed by atoms with Crippen molar-refractivity contribution in [3.05, 3.63) is 35.4 Å². The van der Waals surface area contributed by atoms with Crippen molar-refractivity contribution in [2.24, 2.45) is 0 Å². The van der Waals surface area contributed by atoms with Gasteiger partial charge in [0.25, 0.3) is 0 Å². The van der Waals surface area contributed by atoms with Gasteiger partial charge in [-0.05, 0) is 43.2 Å². The van der Waals surface area contributed by atoms with E-state index in [0.29, 0.717) is 13.0 Å². The number of β-lactam (4-membered cyclic amide) rings is 1. The topological polar surface area (TPSA) is 55.4 Å². The van der Waals surface area contributed by atoms with Gasteiger partial charge in [-0.25, -0.2) is 0 Å². The van der Waals surface area contributed by atoms with Crippen molar-refractivity contribution in [3.8, 4) is 0 Å². The molecule has 1 aromatic rings. The number of carbonyl (C=O) groups excluding carboxylic acids is 2. The van der Waals surface area contributed by atoms with Gasteiger partial charge >= 0.3 is 5.97 Å². The van der Waals surface area contributed by atoms with Gasteiger partial charge in [0.2, 0.25) is 5.91 Å². The van der Waals surface area contributed by atoms with Crippen LogP contribution in [0.25, 0.3) is 0 Å². The molecule has 0 bridgehead atoms. The summed E-state index contributed by atoms with van der Waals surface area (Å²) in [5.41, 5.74) is 2.75. The van der Waals surface area contributed by atoms with Crippen LogP contribution in [0.3, 0.4) is 0 Å². The molecule has 1 N–H and O–H groups in total. The first-order valence-electron chi connectivity index (χ1n) is 8.65. The maximum atomic E-state index is 11.1. The molecule has 0 spiro atoms. The predicted molar refractivity (Wildman–Crippen MR) is 92.3 cm³/mol. The van der Waals surface area contributed by atoms with Crippen LogP contribution in [0.15, 0.2) is 24.3 Å². The number of rotatable bonds is 8. The number of benzene rings is 1. The van der Waals surface area contributed by atoms with Gasteiger partial charge in [-0.3, -0.25) is 9.59 Å². The number of unbranched alkanes of at least 4 members (excludes halogenated alkanes) is 1. The number of carbonyl (C=O) groups is 2. The minimum absolute atomic E-state index is 0.0650.